The average molecular weight is 515 g/mol. The number of nitrogens with one attached hydrogen (secondary N) is 1. The number of ether oxygens (including phenoxy) is 1. The summed E-state index contributed by atoms with van der Waals surface area (Å²) in [4.78, 5) is 24.9. The smallest absolute Gasteiger partial charge is 0.260 e. The van der Waals surface area contributed by atoms with Gasteiger partial charge in [-0.05, 0) is 48.8 Å². The van der Waals surface area contributed by atoms with Crippen molar-refractivity contribution in [2.75, 3.05) is 37.7 Å². The first-order valence-corrected chi connectivity index (χ1v) is 13.6. The van der Waals surface area contributed by atoms with Gasteiger partial charge in [0, 0.05) is 68.4 Å². The standard InChI is InChI=1S/C29H31FN6O2/c30-29-13-28(14-29,15-29)16-32-7-20-1-2-25-33-21(12-35(25)10-20)11-34-5-3-22-23(26(34)37)8-31-9-24(22)36-17-27(18-36)4-6-38-19-27/h1-3,5,8-10,12,32H,4,6-7,11,13-19H2. The van der Waals surface area contributed by atoms with Crippen molar-refractivity contribution in [2.24, 2.45) is 10.8 Å². The summed E-state index contributed by atoms with van der Waals surface area (Å²) in [6.07, 6.45) is 12.7. The third-order valence-corrected chi connectivity index (χ3v) is 9.26. The second-order valence-electron chi connectivity index (χ2n) is 12.3. The molecule has 9 rings (SSSR count). The minimum atomic E-state index is -0.845. The lowest BCUT2D eigenvalue weighted by Crippen LogP contribution is -2.67. The van der Waals surface area contributed by atoms with Gasteiger partial charge in [0.15, 0.2) is 0 Å². The van der Waals surface area contributed by atoms with Crippen LogP contribution in [0, 0.1) is 10.8 Å². The van der Waals surface area contributed by atoms with Gasteiger partial charge in [-0.2, -0.15) is 0 Å². The maximum absolute atomic E-state index is 13.8. The van der Waals surface area contributed by atoms with Crippen LogP contribution in [0.4, 0.5) is 10.1 Å². The molecule has 1 spiro atoms. The molecule has 3 aliphatic carbocycles. The van der Waals surface area contributed by atoms with Gasteiger partial charge in [0.2, 0.25) is 0 Å². The van der Waals surface area contributed by atoms with Gasteiger partial charge >= 0.3 is 0 Å². The summed E-state index contributed by atoms with van der Waals surface area (Å²) in [7, 11) is 0. The predicted molar refractivity (Wildman–Crippen MR) is 142 cm³/mol. The van der Waals surface area contributed by atoms with E-state index in [1.54, 1.807) is 10.8 Å². The molecule has 0 unspecified atom stereocenters. The van der Waals surface area contributed by atoms with Gasteiger partial charge in [0.05, 0.1) is 36.1 Å². The van der Waals surface area contributed by atoms with Crippen LogP contribution in [0.5, 0.6) is 0 Å². The van der Waals surface area contributed by atoms with E-state index in [0.29, 0.717) is 11.9 Å². The van der Waals surface area contributed by atoms with Crippen molar-refractivity contribution in [3.8, 4) is 0 Å². The Labute approximate surface area is 219 Å². The van der Waals surface area contributed by atoms with Crippen LogP contribution in [-0.2, 0) is 17.8 Å². The summed E-state index contributed by atoms with van der Waals surface area (Å²) in [6, 6.07) is 6.11. The number of alkyl halides is 1. The van der Waals surface area contributed by atoms with Crippen molar-refractivity contribution < 1.29 is 9.13 Å². The largest absolute Gasteiger partial charge is 0.381 e. The van der Waals surface area contributed by atoms with E-state index in [0.717, 1.165) is 93.1 Å². The number of fused-ring (bicyclic) bond motifs is 2. The van der Waals surface area contributed by atoms with Gasteiger partial charge < -0.3 is 23.9 Å². The molecule has 0 radical (unpaired) electrons. The summed E-state index contributed by atoms with van der Waals surface area (Å²) in [5.41, 5.74) is 3.43. The maximum Gasteiger partial charge on any atom is 0.260 e. The second-order valence-corrected chi connectivity index (χ2v) is 12.3. The van der Waals surface area contributed by atoms with Gasteiger partial charge in [-0.1, -0.05) is 6.07 Å². The van der Waals surface area contributed by atoms with Crippen LogP contribution < -0.4 is 15.8 Å². The van der Waals surface area contributed by atoms with Crippen LogP contribution in [0.2, 0.25) is 0 Å². The minimum Gasteiger partial charge on any atom is -0.381 e. The molecule has 5 aliphatic rings. The fraction of sp³-hybridized carbons (Fsp3) is 0.483. The Bertz CT molecular complexity index is 1610. The number of hydrogen-bond acceptors (Lipinski definition) is 6. The first kappa shape index (κ1) is 22.7. The third-order valence-electron chi connectivity index (χ3n) is 9.26. The maximum atomic E-state index is 13.8. The summed E-state index contributed by atoms with van der Waals surface area (Å²) in [6.45, 7) is 5.59. The van der Waals surface area contributed by atoms with Crippen molar-refractivity contribution in [1.82, 2.24) is 24.3 Å². The highest BCUT2D eigenvalue weighted by molar-refractivity contribution is 5.93. The van der Waals surface area contributed by atoms with Gasteiger partial charge in [0.1, 0.15) is 11.3 Å². The molecule has 4 aromatic rings. The lowest BCUT2D eigenvalue weighted by molar-refractivity contribution is -0.209. The summed E-state index contributed by atoms with van der Waals surface area (Å²) in [5.74, 6) is 0. The molecule has 2 aliphatic heterocycles. The second kappa shape index (κ2) is 7.86. The topological polar surface area (TPSA) is 76.7 Å². The normalized spacial score (nSPS) is 27.0. The average Bonchev–Trinajstić information content (AvgIpc) is 3.50. The highest BCUT2D eigenvalue weighted by atomic mass is 19.1. The Morgan fingerprint density at radius 1 is 1.08 bits per heavy atom. The molecule has 0 amide bonds. The molecule has 9 heteroatoms. The summed E-state index contributed by atoms with van der Waals surface area (Å²) < 4.78 is 23.1. The van der Waals surface area contributed by atoms with E-state index < -0.39 is 5.67 Å². The van der Waals surface area contributed by atoms with Crippen LogP contribution in [-0.4, -0.2) is 57.5 Å². The molecule has 196 valence electrons. The van der Waals surface area contributed by atoms with Crippen molar-refractivity contribution >= 4 is 22.1 Å². The molecule has 1 N–H and O–H groups in total. The fourth-order valence-corrected chi connectivity index (χ4v) is 7.37. The van der Waals surface area contributed by atoms with Crippen LogP contribution in [0.15, 0.2) is 54.0 Å². The molecule has 4 aromatic heterocycles. The first-order valence-electron chi connectivity index (χ1n) is 13.6. The predicted octanol–water partition coefficient (Wildman–Crippen LogP) is 3.30. The monoisotopic (exact) mass is 514 g/mol. The number of hydrogen-bond donors (Lipinski definition) is 1. The zero-order valence-corrected chi connectivity index (χ0v) is 21.3. The quantitative estimate of drug-likeness (QED) is 0.408. The number of anilines is 1. The highest BCUT2D eigenvalue weighted by Crippen LogP contribution is 2.69. The van der Waals surface area contributed by atoms with Crippen molar-refractivity contribution in [1.29, 1.82) is 0 Å². The zero-order valence-electron chi connectivity index (χ0n) is 21.3. The SMILES string of the molecule is O=c1c2cncc(N3CC4(CCOC4)C3)c2ccn1Cc1cn2cc(CNCC34CC(F)(C3)C4)ccc2n1. The van der Waals surface area contributed by atoms with E-state index in [2.05, 4.69) is 27.5 Å². The Hall–Kier alpha value is -3.30. The number of rotatable bonds is 7. The van der Waals surface area contributed by atoms with Gasteiger partial charge in [-0.15, -0.1) is 0 Å². The molecular weight excluding hydrogens is 483 g/mol. The summed E-state index contributed by atoms with van der Waals surface area (Å²) in [5, 5.41) is 5.09. The molecule has 0 aromatic carbocycles. The molecule has 5 fully saturated rings. The van der Waals surface area contributed by atoms with Crippen LogP contribution in [0.1, 0.15) is 36.9 Å². The number of imidazole rings is 1. The van der Waals surface area contributed by atoms with Crippen LogP contribution >= 0.6 is 0 Å². The van der Waals surface area contributed by atoms with E-state index in [9.17, 15) is 9.18 Å². The Balaban J connectivity index is 0.983. The first-order chi connectivity index (χ1) is 18.4. The molecule has 3 saturated carbocycles. The number of halogens is 1. The van der Waals surface area contributed by atoms with Crippen LogP contribution in [0.25, 0.3) is 16.4 Å². The molecule has 2 bridgehead atoms. The zero-order chi connectivity index (χ0) is 25.5. The van der Waals surface area contributed by atoms with E-state index >= 15 is 0 Å². The lowest BCUT2D eigenvalue weighted by Gasteiger charge is -2.66. The number of nitrogens with zero attached hydrogens (tertiary/aromatic N) is 5. The van der Waals surface area contributed by atoms with Gasteiger partial charge in [0.25, 0.3) is 5.56 Å². The third kappa shape index (κ3) is 3.51. The fourth-order valence-electron chi connectivity index (χ4n) is 7.37. The van der Waals surface area contributed by atoms with Crippen LogP contribution in [0.3, 0.4) is 0 Å². The van der Waals surface area contributed by atoms with Crippen molar-refractivity contribution in [3.05, 3.63) is 70.8 Å². The Kier molecular flexibility index (Phi) is 4.69. The lowest BCUT2D eigenvalue weighted by atomic mass is 9.42. The summed E-state index contributed by atoms with van der Waals surface area (Å²) >= 11 is 0. The number of pyridine rings is 3. The molecule has 2 saturated heterocycles. The number of aromatic nitrogens is 4. The molecular formula is C29H31FN6O2. The van der Waals surface area contributed by atoms with E-state index in [4.69, 9.17) is 9.72 Å². The van der Waals surface area contributed by atoms with E-state index in [1.807, 2.05) is 35.1 Å². The minimum absolute atomic E-state index is 0.0538. The van der Waals surface area contributed by atoms with Crippen molar-refractivity contribution in [3.63, 3.8) is 0 Å². The molecule has 6 heterocycles. The van der Waals surface area contributed by atoms with Crippen molar-refractivity contribution in [2.45, 2.75) is 44.4 Å². The molecule has 0 atom stereocenters. The Morgan fingerprint density at radius 2 is 1.95 bits per heavy atom. The molecule has 8 nitrogen and oxygen atoms in total. The molecule has 38 heavy (non-hydrogen) atoms. The highest BCUT2D eigenvalue weighted by Gasteiger charge is 2.68. The van der Waals surface area contributed by atoms with E-state index in [1.165, 1.54) is 0 Å². The van der Waals surface area contributed by atoms with Gasteiger partial charge in [-0.25, -0.2) is 9.37 Å². The van der Waals surface area contributed by atoms with E-state index in [-0.39, 0.29) is 16.4 Å². The Morgan fingerprint density at radius 3 is 2.74 bits per heavy atom. The van der Waals surface area contributed by atoms with Gasteiger partial charge in [-0.3, -0.25) is 9.78 Å².